The van der Waals surface area contributed by atoms with E-state index in [2.05, 4.69) is 0 Å². The largest absolute Gasteiger partial charge is 0.396 e. The normalized spacial score (nSPS) is 43.0. The maximum atomic E-state index is 9.29. The Morgan fingerprint density at radius 3 is 2.42 bits per heavy atom. The van der Waals surface area contributed by atoms with Gasteiger partial charge in [0.2, 0.25) is 0 Å². The summed E-state index contributed by atoms with van der Waals surface area (Å²) in [5, 5.41) is 36.1. The third-order valence-corrected chi connectivity index (χ3v) is 2.02. The first-order chi connectivity index (χ1) is 5.66. The molecular weight excluding hydrogens is 164 g/mol. The molecule has 0 amide bonds. The summed E-state index contributed by atoms with van der Waals surface area (Å²) in [6.45, 7) is -0.104. The molecule has 4 N–H and O–H groups in total. The first-order valence-electron chi connectivity index (χ1n) is 3.93. The molecule has 1 saturated heterocycles. The van der Waals surface area contributed by atoms with Gasteiger partial charge in [-0.15, -0.1) is 0 Å². The quantitative estimate of drug-likeness (QED) is 0.387. The summed E-state index contributed by atoms with van der Waals surface area (Å²) in [4.78, 5) is 0. The first kappa shape index (κ1) is 9.88. The molecule has 0 aromatic heterocycles. The van der Waals surface area contributed by atoms with Gasteiger partial charge in [0.05, 0.1) is 12.7 Å². The minimum absolute atomic E-state index is 0.00287. The lowest BCUT2D eigenvalue weighted by Crippen LogP contribution is -2.53. The Kier molecular flexibility index (Phi) is 3.42. The molecular formula is C7H14O5. The van der Waals surface area contributed by atoms with Gasteiger partial charge in [-0.1, -0.05) is 0 Å². The molecule has 0 spiro atoms. The lowest BCUT2D eigenvalue weighted by Gasteiger charge is -2.34. The number of ether oxygens (including phenoxy) is 1. The minimum Gasteiger partial charge on any atom is -0.396 e. The van der Waals surface area contributed by atoms with Gasteiger partial charge >= 0.3 is 0 Å². The van der Waals surface area contributed by atoms with Gasteiger partial charge in [0.1, 0.15) is 18.3 Å². The second-order valence-corrected chi connectivity index (χ2v) is 2.93. The molecule has 72 valence electrons. The van der Waals surface area contributed by atoms with Crippen LogP contribution in [-0.2, 0) is 4.74 Å². The van der Waals surface area contributed by atoms with Crippen LogP contribution in [0, 0.1) is 0 Å². The van der Waals surface area contributed by atoms with Crippen molar-refractivity contribution in [2.24, 2.45) is 0 Å². The molecule has 0 radical (unpaired) electrons. The van der Waals surface area contributed by atoms with Crippen LogP contribution in [0.4, 0.5) is 0 Å². The monoisotopic (exact) mass is 178 g/mol. The van der Waals surface area contributed by atoms with Gasteiger partial charge in [-0.05, 0) is 6.42 Å². The lowest BCUT2D eigenvalue weighted by atomic mass is 9.98. The topological polar surface area (TPSA) is 90.2 Å². The summed E-state index contributed by atoms with van der Waals surface area (Å²) in [6, 6.07) is 0. The van der Waals surface area contributed by atoms with E-state index >= 15 is 0 Å². The highest BCUT2D eigenvalue weighted by molar-refractivity contribution is 4.86. The summed E-state index contributed by atoms with van der Waals surface area (Å²) < 4.78 is 4.99. The summed E-state index contributed by atoms with van der Waals surface area (Å²) in [6.07, 6.45) is -3.62. The Balaban J connectivity index is 2.46. The average Bonchev–Trinajstić information content (AvgIpc) is 2.07. The SMILES string of the molecule is OCC[C@H]1OC[C@@H](O)[C@@H](O)[C@@H]1O. The number of aliphatic hydroxyl groups is 4. The molecule has 1 rings (SSSR count). The Morgan fingerprint density at radius 1 is 1.17 bits per heavy atom. The predicted molar refractivity (Wildman–Crippen MR) is 39.5 cm³/mol. The fraction of sp³-hybridized carbons (Fsp3) is 1.00. The third kappa shape index (κ3) is 1.94. The van der Waals surface area contributed by atoms with Crippen molar-refractivity contribution in [3.63, 3.8) is 0 Å². The standard InChI is InChI=1S/C7H14O5/c8-2-1-5-7(11)6(10)4(9)3-12-5/h4-11H,1-3H2/t4-,5-,6-,7-/m1/s1. The highest BCUT2D eigenvalue weighted by atomic mass is 16.5. The predicted octanol–water partition coefficient (Wildman–Crippen LogP) is -2.15. The number of rotatable bonds is 2. The molecule has 0 saturated carbocycles. The molecule has 0 aliphatic carbocycles. The van der Waals surface area contributed by atoms with Gasteiger partial charge in [-0.2, -0.15) is 0 Å². The summed E-state index contributed by atoms with van der Waals surface area (Å²) in [5.41, 5.74) is 0. The number of hydrogen-bond acceptors (Lipinski definition) is 5. The van der Waals surface area contributed by atoms with E-state index in [0.29, 0.717) is 0 Å². The second-order valence-electron chi connectivity index (χ2n) is 2.93. The number of hydrogen-bond donors (Lipinski definition) is 4. The van der Waals surface area contributed by atoms with Crippen LogP contribution >= 0.6 is 0 Å². The van der Waals surface area contributed by atoms with E-state index in [1.165, 1.54) is 0 Å². The van der Waals surface area contributed by atoms with Crippen molar-refractivity contribution in [1.82, 2.24) is 0 Å². The van der Waals surface area contributed by atoms with Crippen molar-refractivity contribution >= 4 is 0 Å². The fourth-order valence-corrected chi connectivity index (χ4v) is 1.25. The first-order valence-corrected chi connectivity index (χ1v) is 3.93. The third-order valence-electron chi connectivity index (χ3n) is 2.02. The van der Waals surface area contributed by atoms with Crippen molar-refractivity contribution in [2.75, 3.05) is 13.2 Å². The van der Waals surface area contributed by atoms with Crippen LogP contribution in [0.15, 0.2) is 0 Å². The maximum absolute atomic E-state index is 9.29. The Bertz CT molecular complexity index is 140. The van der Waals surface area contributed by atoms with Gasteiger partial charge in [0, 0.05) is 6.61 Å². The summed E-state index contributed by atoms with van der Waals surface area (Å²) >= 11 is 0. The summed E-state index contributed by atoms with van der Waals surface area (Å²) in [5.74, 6) is 0. The van der Waals surface area contributed by atoms with E-state index in [1.807, 2.05) is 0 Å². The van der Waals surface area contributed by atoms with Gasteiger partial charge in [-0.3, -0.25) is 0 Å². The van der Waals surface area contributed by atoms with E-state index < -0.39 is 24.4 Å². The zero-order valence-corrected chi connectivity index (χ0v) is 6.63. The van der Waals surface area contributed by atoms with Crippen LogP contribution in [-0.4, -0.2) is 58.1 Å². The molecule has 0 unspecified atom stereocenters. The Morgan fingerprint density at radius 2 is 1.83 bits per heavy atom. The zero-order chi connectivity index (χ0) is 9.14. The lowest BCUT2D eigenvalue weighted by molar-refractivity contribution is -0.189. The van der Waals surface area contributed by atoms with Gasteiger partial charge < -0.3 is 25.2 Å². The van der Waals surface area contributed by atoms with Crippen LogP contribution in [0.2, 0.25) is 0 Å². The van der Waals surface area contributed by atoms with Gasteiger partial charge in [0.15, 0.2) is 0 Å². The minimum atomic E-state index is -1.17. The molecule has 5 heteroatoms. The molecule has 4 atom stereocenters. The van der Waals surface area contributed by atoms with Crippen LogP contribution < -0.4 is 0 Å². The molecule has 0 aromatic carbocycles. The van der Waals surface area contributed by atoms with Crippen LogP contribution in [0.5, 0.6) is 0 Å². The highest BCUT2D eigenvalue weighted by Gasteiger charge is 2.36. The molecule has 1 fully saturated rings. The molecule has 5 nitrogen and oxygen atoms in total. The van der Waals surface area contributed by atoms with E-state index in [9.17, 15) is 10.2 Å². The van der Waals surface area contributed by atoms with Crippen molar-refractivity contribution < 1.29 is 25.2 Å². The van der Waals surface area contributed by atoms with Gasteiger partial charge in [0.25, 0.3) is 0 Å². The maximum Gasteiger partial charge on any atom is 0.111 e. The van der Waals surface area contributed by atoms with Crippen LogP contribution in [0.25, 0.3) is 0 Å². The Hall–Kier alpha value is -0.200. The average molecular weight is 178 g/mol. The Labute approximate surface area is 70.2 Å². The smallest absolute Gasteiger partial charge is 0.111 e. The van der Waals surface area contributed by atoms with E-state index in [1.54, 1.807) is 0 Å². The molecule has 1 aliphatic rings. The highest BCUT2D eigenvalue weighted by Crippen LogP contribution is 2.17. The fourth-order valence-electron chi connectivity index (χ4n) is 1.25. The van der Waals surface area contributed by atoms with Crippen LogP contribution in [0.3, 0.4) is 0 Å². The molecule has 0 bridgehead atoms. The molecule has 1 aliphatic heterocycles. The van der Waals surface area contributed by atoms with E-state index in [0.717, 1.165) is 0 Å². The summed E-state index contributed by atoms with van der Waals surface area (Å²) in [7, 11) is 0. The van der Waals surface area contributed by atoms with Crippen molar-refractivity contribution in [3.8, 4) is 0 Å². The van der Waals surface area contributed by atoms with Crippen molar-refractivity contribution in [3.05, 3.63) is 0 Å². The van der Waals surface area contributed by atoms with Crippen molar-refractivity contribution in [1.29, 1.82) is 0 Å². The molecule has 1 heterocycles. The molecule has 0 aromatic rings. The molecule has 12 heavy (non-hydrogen) atoms. The van der Waals surface area contributed by atoms with Gasteiger partial charge in [-0.25, -0.2) is 0 Å². The van der Waals surface area contributed by atoms with E-state index in [4.69, 9.17) is 14.9 Å². The van der Waals surface area contributed by atoms with E-state index in [-0.39, 0.29) is 19.6 Å². The van der Waals surface area contributed by atoms with Crippen LogP contribution in [0.1, 0.15) is 6.42 Å². The second kappa shape index (κ2) is 4.15. The zero-order valence-electron chi connectivity index (χ0n) is 6.63. The van der Waals surface area contributed by atoms with Crippen molar-refractivity contribution in [2.45, 2.75) is 30.8 Å². The number of aliphatic hydroxyl groups excluding tert-OH is 4.